The van der Waals surface area contributed by atoms with E-state index in [0.29, 0.717) is 23.8 Å². The number of aliphatic hydroxyl groups is 1. The minimum atomic E-state index is -0.151. The lowest BCUT2D eigenvalue weighted by atomic mass is 9.90. The van der Waals surface area contributed by atoms with E-state index in [0.717, 1.165) is 68.8 Å². The van der Waals surface area contributed by atoms with E-state index in [4.69, 9.17) is 4.98 Å². The van der Waals surface area contributed by atoms with E-state index in [1.165, 1.54) is 18.4 Å². The van der Waals surface area contributed by atoms with Gasteiger partial charge in [-0.15, -0.1) is 0 Å². The monoisotopic (exact) mass is 408 g/mol. The van der Waals surface area contributed by atoms with Crippen LogP contribution in [0, 0.1) is 0 Å². The first-order chi connectivity index (χ1) is 14.7. The second kappa shape index (κ2) is 8.86. The molecule has 0 amide bonds. The summed E-state index contributed by atoms with van der Waals surface area (Å²) in [4.78, 5) is 14.1. The highest BCUT2D eigenvalue weighted by molar-refractivity contribution is 5.57. The zero-order valence-electron chi connectivity index (χ0n) is 17.5. The molecule has 2 aromatic rings. The highest BCUT2D eigenvalue weighted by Gasteiger charge is 2.26. The zero-order valence-corrected chi connectivity index (χ0v) is 17.5. The molecule has 2 aliphatic carbocycles. The first-order valence-electron chi connectivity index (χ1n) is 11.5. The van der Waals surface area contributed by atoms with Crippen LogP contribution in [0.2, 0.25) is 0 Å². The van der Waals surface area contributed by atoms with Crippen molar-refractivity contribution >= 4 is 17.5 Å². The number of hydrogen-bond donors (Lipinski definition) is 4. The van der Waals surface area contributed by atoms with Crippen LogP contribution in [0.1, 0.15) is 74.5 Å². The quantitative estimate of drug-likeness (QED) is 0.579. The predicted molar refractivity (Wildman–Crippen MR) is 118 cm³/mol. The Hall–Kier alpha value is -2.25. The number of nitrogens with zero attached hydrogens (tertiary/aromatic N) is 3. The number of nitrogens with one attached hydrogen (secondary N) is 3. The molecule has 30 heavy (non-hydrogen) atoms. The van der Waals surface area contributed by atoms with Gasteiger partial charge < -0.3 is 21.1 Å². The molecule has 0 aromatic carbocycles. The minimum absolute atomic E-state index is 0.151. The average molecular weight is 409 g/mol. The van der Waals surface area contributed by atoms with Gasteiger partial charge in [-0.25, -0.2) is 4.98 Å². The Morgan fingerprint density at radius 3 is 2.50 bits per heavy atom. The number of aliphatic hydroxyl groups excluding tert-OH is 1. The van der Waals surface area contributed by atoms with Gasteiger partial charge >= 0.3 is 0 Å². The molecule has 0 unspecified atom stereocenters. The lowest BCUT2D eigenvalue weighted by molar-refractivity contribution is 0.126. The summed E-state index contributed by atoms with van der Waals surface area (Å²) in [6.07, 6.45) is 12.1. The van der Waals surface area contributed by atoms with E-state index >= 15 is 0 Å². The fraction of sp³-hybridized carbons (Fsp3) is 0.609. The number of piperidine rings is 1. The Bertz CT molecular complexity index is 857. The number of aromatic nitrogens is 3. The molecule has 3 heterocycles. The summed E-state index contributed by atoms with van der Waals surface area (Å²) in [5.74, 6) is 2.68. The molecule has 0 radical (unpaired) electrons. The predicted octanol–water partition coefficient (Wildman–Crippen LogP) is 3.68. The van der Waals surface area contributed by atoms with E-state index in [2.05, 4.69) is 32.0 Å². The molecule has 2 aromatic heterocycles. The van der Waals surface area contributed by atoms with Gasteiger partial charge in [-0.1, -0.05) is 0 Å². The summed E-state index contributed by atoms with van der Waals surface area (Å²) >= 11 is 0. The van der Waals surface area contributed by atoms with E-state index in [-0.39, 0.29) is 6.10 Å². The van der Waals surface area contributed by atoms with Crippen LogP contribution in [-0.4, -0.2) is 45.3 Å². The molecule has 0 spiro atoms. The smallest absolute Gasteiger partial charge is 0.229 e. The lowest BCUT2D eigenvalue weighted by Crippen LogP contribution is -2.30. The van der Waals surface area contributed by atoms with Crippen molar-refractivity contribution < 1.29 is 5.11 Å². The summed E-state index contributed by atoms with van der Waals surface area (Å²) in [6, 6.07) is 4.46. The van der Waals surface area contributed by atoms with Gasteiger partial charge in [0.1, 0.15) is 5.82 Å². The average Bonchev–Trinajstić information content (AvgIpc) is 3.62. The molecule has 3 fully saturated rings. The van der Waals surface area contributed by atoms with Gasteiger partial charge in [-0.05, 0) is 82.5 Å². The molecular formula is C23H32N6O. The molecule has 3 aliphatic rings. The summed E-state index contributed by atoms with van der Waals surface area (Å²) in [7, 11) is 0. The first kappa shape index (κ1) is 19.7. The van der Waals surface area contributed by atoms with Crippen LogP contribution >= 0.6 is 0 Å². The topological polar surface area (TPSA) is 95.0 Å². The molecule has 1 aliphatic heterocycles. The molecule has 4 N–H and O–H groups in total. The summed E-state index contributed by atoms with van der Waals surface area (Å²) in [5.41, 5.74) is 3.38. The fourth-order valence-corrected chi connectivity index (χ4v) is 4.67. The van der Waals surface area contributed by atoms with E-state index in [1.54, 1.807) is 0 Å². The Kier molecular flexibility index (Phi) is 5.82. The van der Waals surface area contributed by atoms with Crippen LogP contribution in [0.4, 0.5) is 17.5 Å². The molecule has 0 bridgehead atoms. The maximum absolute atomic E-state index is 9.85. The maximum Gasteiger partial charge on any atom is 0.229 e. The molecule has 5 rings (SSSR count). The minimum Gasteiger partial charge on any atom is -0.393 e. The molecule has 0 atom stereocenters. The number of rotatable bonds is 6. The normalized spacial score (nSPS) is 25.1. The van der Waals surface area contributed by atoms with Crippen molar-refractivity contribution in [3.63, 3.8) is 0 Å². The van der Waals surface area contributed by atoms with Crippen LogP contribution in [0.3, 0.4) is 0 Å². The van der Waals surface area contributed by atoms with Gasteiger partial charge in [0.15, 0.2) is 0 Å². The van der Waals surface area contributed by atoms with E-state index in [1.807, 2.05) is 18.5 Å². The highest BCUT2D eigenvalue weighted by atomic mass is 16.3. The molecule has 2 saturated carbocycles. The third kappa shape index (κ3) is 4.73. The third-order valence-corrected chi connectivity index (χ3v) is 6.67. The van der Waals surface area contributed by atoms with Crippen molar-refractivity contribution in [1.29, 1.82) is 0 Å². The van der Waals surface area contributed by atoms with Crippen molar-refractivity contribution in [1.82, 2.24) is 20.3 Å². The second-order valence-corrected chi connectivity index (χ2v) is 9.04. The molecule has 160 valence electrons. The van der Waals surface area contributed by atoms with Crippen LogP contribution in [-0.2, 0) is 0 Å². The van der Waals surface area contributed by atoms with Crippen molar-refractivity contribution in [2.75, 3.05) is 23.7 Å². The van der Waals surface area contributed by atoms with Crippen LogP contribution < -0.4 is 16.0 Å². The van der Waals surface area contributed by atoms with Crippen molar-refractivity contribution in [3.05, 3.63) is 35.8 Å². The second-order valence-electron chi connectivity index (χ2n) is 9.04. The van der Waals surface area contributed by atoms with Crippen LogP contribution in [0.25, 0.3) is 0 Å². The standard InChI is InChI=1S/C23H32N6O/c30-19-5-3-17(4-6-19)27-22-20(15-7-10-24-11-8-15)14-26-23(29-22)28-18-9-12-25-21(13-18)16-1-2-16/h9,12-17,19,24,30H,1-8,10-11H2,(H2,25,26,27,28,29)/t17-,19-. The number of anilines is 3. The van der Waals surface area contributed by atoms with Gasteiger partial charge in [0.2, 0.25) is 5.95 Å². The highest BCUT2D eigenvalue weighted by Crippen LogP contribution is 2.39. The third-order valence-electron chi connectivity index (χ3n) is 6.67. The van der Waals surface area contributed by atoms with Gasteiger partial charge in [0, 0.05) is 41.3 Å². The molecule has 7 nitrogen and oxygen atoms in total. The maximum atomic E-state index is 9.85. The van der Waals surface area contributed by atoms with Crippen molar-refractivity contribution in [3.8, 4) is 0 Å². The van der Waals surface area contributed by atoms with E-state index in [9.17, 15) is 5.11 Å². The summed E-state index contributed by atoms with van der Waals surface area (Å²) in [5, 5.41) is 20.4. The van der Waals surface area contributed by atoms with Crippen LogP contribution in [0.5, 0.6) is 0 Å². The van der Waals surface area contributed by atoms with Gasteiger partial charge in [0.25, 0.3) is 0 Å². The first-order valence-corrected chi connectivity index (χ1v) is 11.5. The summed E-state index contributed by atoms with van der Waals surface area (Å²) < 4.78 is 0. The molecular weight excluding hydrogens is 376 g/mol. The van der Waals surface area contributed by atoms with E-state index < -0.39 is 0 Å². The van der Waals surface area contributed by atoms with Gasteiger partial charge in [-0.2, -0.15) is 4.98 Å². The van der Waals surface area contributed by atoms with Gasteiger partial charge in [-0.3, -0.25) is 4.98 Å². The van der Waals surface area contributed by atoms with Gasteiger partial charge in [0.05, 0.1) is 6.10 Å². The Balaban J connectivity index is 1.37. The largest absolute Gasteiger partial charge is 0.393 e. The fourth-order valence-electron chi connectivity index (χ4n) is 4.67. The zero-order chi connectivity index (χ0) is 20.3. The van der Waals surface area contributed by atoms with Crippen molar-refractivity contribution in [2.45, 2.75) is 75.3 Å². The number of pyridine rings is 1. The van der Waals surface area contributed by atoms with Crippen molar-refractivity contribution in [2.24, 2.45) is 0 Å². The molecule has 1 saturated heterocycles. The van der Waals surface area contributed by atoms with Crippen LogP contribution in [0.15, 0.2) is 24.5 Å². The summed E-state index contributed by atoms with van der Waals surface area (Å²) in [6.45, 7) is 2.08. The Morgan fingerprint density at radius 1 is 0.933 bits per heavy atom. The molecule has 7 heteroatoms. The lowest BCUT2D eigenvalue weighted by Gasteiger charge is -2.29. The Morgan fingerprint density at radius 2 is 1.73 bits per heavy atom. The Labute approximate surface area is 178 Å². The SMILES string of the molecule is O[C@H]1CC[C@H](Nc2nc(Nc3ccnc(C4CC4)c3)ncc2C2CCNCC2)CC1. The number of hydrogen-bond acceptors (Lipinski definition) is 7.